The summed E-state index contributed by atoms with van der Waals surface area (Å²) in [5.74, 6) is 1.92. The number of ether oxygens (including phenoxy) is 1. The lowest BCUT2D eigenvalue weighted by Crippen LogP contribution is -2.54. The molecule has 2 saturated heterocycles. The maximum Gasteiger partial charge on any atom is 0.236 e. The number of amides is 1. The van der Waals surface area contributed by atoms with Crippen molar-refractivity contribution in [2.45, 2.75) is 13.5 Å². The lowest BCUT2D eigenvalue weighted by molar-refractivity contribution is -0.133. The van der Waals surface area contributed by atoms with Gasteiger partial charge in [-0.3, -0.25) is 14.6 Å². The molecule has 0 spiro atoms. The molecule has 0 radical (unpaired) electrons. The number of methoxy groups -OCH3 is 1. The fraction of sp³-hybridized carbons (Fsp3) is 0.522. The molecule has 0 bridgehead atoms. The predicted octanol–water partition coefficient (Wildman–Crippen LogP) is 1.26. The molecule has 1 amide bonds. The van der Waals surface area contributed by atoms with E-state index in [-0.39, 0.29) is 5.91 Å². The molecule has 8 nitrogen and oxygen atoms in total. The average Bonchev–Trinajstić information content (AvgIpc) is 2.81. The second kappa shape index (κ2) is 10.1. The van der Waals surface area contributed by atoms with E-state index in [0.29, 0.717) is 6.54 Å². The van der Waals surface area contributed by atoms with Crippen LogP contribution in [-0.4, -0.2) is 96.6 Å². The van der Waals surface area contributed by atoms with Gasteiger partial charge in [0.05, 0.1) is 13.7 Å². The third-order valence-corrected chi connectivity index (χ3v) is 6.12. The quantitative estimate of drug-likeness (QED) is 0.692. The summed E-state index contributed by atoms with van der Waals surface area (Å²) in [4.78, 5) is 30.3. The van der Waals surface area contributed by atoms with E-state index < -0.39 is 0 Å². The third-order valence-electron chi connectivity index (χ3n) is 6.12. The van der Waals surface area contributed by atoms with Crippen molar-refractivity contribution in [3.8, 4) is 5.75 Å². The number of aryl methyl sites for hydroxylation is 1. The summed E-state index contributed by atoms with van der Waals surface area (Å²) in [5, 5.41) is 0. The van der Waals surface area contributed by atoms with E-state index in [1.165, 1.54) is 11.1 Å². The van der Waals surface area contributed by atoms with Gasteiger partial charge < -0.3 is 14.5 Å². The topological polar surface area (TPSA) is 65.0 Å². The Kier molecular flexibility index (Phi) is 6.99. The van der Waals surface area contributed by atoms with Crippen molar-refractivity contribution < 1.29 is 9.53 Å². The Bertz CT molecular complexity index is 862. The highest BCUT2D eigenvalue weighted by Gasteiger charge is 2.25. The second-order valence-corrected chi connectivity index (χ2v) is 8.28. The highest BCUT2D eigenvalue weighted by molar-refractivity contribution is 5.78. The minimum Gasteiger partial charge on any atom is -0.496 e. The van der Waals surface area contributed by atoms with Crippen LogP contribution in [0.3, 0.4) is 0 Å². The number of nitrogens with zero attached hydrogens (tertiary/aromatic N) is 6. The molecule has 0 atom stereocenters. The Balaban J connectivity index is 1.21. The van der Waals surface area contributed by atoms with Crippen LogP contribution in [0, 0.1) is 6.92 Å². The van der Waals surface area contributed by atoms with Crippen molar-refractivity contribution in [1.29, 1.82) is 0 Å². The number of carbonyl (C=O) groups excluding carboxylic acids is 1. The number of hydrogen-bond donors (Lipinski definition) is 0. The Hall–Kier alpha value is -2.71. The Morgan fingerprint density at radius 1 is 0.968 bits per heavy atom. The maximum absolute atomic E-state index is 12.8. The van der Waals surface area contributed by atoms with E-state index in [9.17, 15) is 4.79 Å². The molecular formula is C23H32N6O2. The first-order chi connectivity index (χ1) is 15.1. The molecule has 2 aromatic rings. The SMILES string of the molecule is COc1ccc(C)cc1CN1CCN(CC(=O)N2CCN(c3ncccn3)CC2)CC1. The van der Waals surface area contributed by atoms with E-state index in [1.54, 1.807) is 19.5 Å². The molecule has 2 fully saturated rings. The van der Waals surface area contributed by atoms with Gasteiger partial charge in [-0.05, 0) is 19.1 Å². The van der Waals surface area contributed by atoms with Crippen LogP contribution in [0.5, 0.6) is 5.75 Å². The Morgan fingerprint density at radius 3 is 2.32 bits per heavy atom. The number of anilines is 1. The van der Waals surface area contributed by atoms with Gasteiger partial charge >= 0.3 is 0 Å². The summed E-state index contributed by atoms with van der Waals surface area (Å²) in [5.41, 5.74) is 2.48. The molecule has 1 aromatic heterocycles. The van der Waals surface area contributed by atoms with Crippen molar-refractivity contribution in [3.63, 3.8) is 0 Å². The molecule has 4 rings (SSSR count). The first kappa shape index (κ1) is 21.5. The van der Waals surface area contributed by atoms with E-state index in [2.05, 4.69) is 43.7 Å². The largest absolute Gasteiger partial charge is 0.496 e. The van der Waals surface area contributed by atoms with Crippen LogP contribution in [0.2, 0.25) is 0 Å². The molecule has 0 unspecified atom stereocenters. The highest BCUT2D eigenvalue weighted by atomic mass is 16.5. The summed E-state index contributed by atoms with van der Waals surface area (Å²) in [6, 6.07) is 8.15. The molecule has 2 aliphatic heterocycles. The van der Waals surface area contributed by atoms with Crippen LogP contribution in [0.1, 0.15) is 11.1 Å². The maximum atomic E-state index is 12.8. The molecule has 8 heteroatoms. The fourth-order valence-corrected chi connectivity index (χ4v) is 4.28. The van der Waals surface area contributed by atoms with Crippen LogP contribution < -0.4 is 9.64 Å². The van der Waals surface area contributed by atoms with Gasteiger partial charge in [0, 0.05) is 76.9 Å². The zero-order chi connectivity index (χ0) is 21.6. The number of rotatable bonds is 6. The van der Waals surface area contributed by atoms with E-state index >= 15 is 0 Å². The molecule has 2 aliphatic rings. The Morgan fingerprint density at radius 2 is 1.65 bits per heavy atom. The van der Waals surface area contributed by atoms with Crippen LogP contribution >= 0.6 is 0 Å². The molecule has 0 N–H and O–H groups in total. The van der Waals surface area contributed by atoms with Crippen molar-refractivity contribution in [2.75, 3.05) is 70.9 Å². The Labute approximate surface area is 184 Å². The second-order valence-electron chi connectivity index (χ2n) is 8.28. The molecule has 1 aromatic carbocycles. The van der Waals surface area contributed by atoms with Crippen molar-refractivity contribution in [1.82, 2.24) is 24.7 Å². The summed E-state index contributed by atoms with van der Waals surface area (Å²) >= 11 is 0. The minimum atomic E-state index is 0.224. The van der Waals surface area contributed by atoms with Gasteiger partial charge in [0.15, 0.2) is 0 Å². The zero-order valence-electron chi connectivity index (χ0n) is 18.5. The van der Waals surface area contributed by atoms with Crippen molar-refractivity contribution >= 4 is 11.9 Å². The standard InChI is InChI=1S/C23H32N6O2/c1-19-4-5-21(31-2)20(16-19)17-26-8-10-27(11-9-26)18-22(30)28-12-14-29(15-13-28)23-24-6-3-7-25-23/h3-7,16H,8-15,17-18H2,1-2H3. The number of benzene rings is 1. The first-order valence-electron chi connectivity index (χ1n) is 11.0. The lowest BCUT2D eigenvalue weighted by atomic mass is 10.1. The van der Waals surface area contributed by atoms with Crippen LogP contribution in [0.25, 0.3) is 0 Å². The average molecular weight is 425 g/mol. The van der Waals surface area contributed by atoms with Gasteiger partial charge in [0.2, 0.25) is 11.9 Å². The van der Waals surface area contributed by atoms with Gasteiger partial charge in [0.25, 0.3) is 0 Å². The van der Waals surface area contributed by atoms with Gasteiger partial charge in [-0.1, -0.05) is 17.7 Å². The van der Waals surface area contributed by atoms with E-state index in [4.69, 9.17) is 4.74 Å². The van der Waals surface area contributed by atoms with Gasteiger partial charge in [-0.15, -0.1) is 0 Å². The summed E-state index contributed by atoms with van der Waals surface area (Å²) in [6.07, 6.45) is 3.52. The fourth-order valence-electron chi connectivity index (χ4n) is 4.28. The van der Waals surface area contributed by atoms with E-state index in [1.807, 2.05) is 17.0 Å². The highest BCUT2D eigenvalue weighted by Crippen LogP contribution is 2.22. The minimum absolute atomic E-state index is 0.224. The molecular weight excluding hydrogens is 392 g/mol. The summed E-state index contributed by atoms with van der Waals surface area (Å²) < 4.78 is 5.52. The molecule has 0 saturated carbocycles. The normalized spacial score (nSPS) is 18.3. The molecule has 0 aliphatic carbocycles. The van der Waals surface area contributed by atoms with Gasteiger partial charge in [-0.25, -0.2) is 9.97 Å². The molecule has 31 heavy (non-hydrogen) atoms. The lowest BCUT2D eigenvalue weighted by Gasteiger charge is -2.38. The van der Waals surface area contributed by atoms with Crippen molar-refractivity contribution in [2.24, 2.45) is 0 Å². The number of hydrogen-bond acceptors (Lipinski definition) is 7. The van der Waals surface area contributed by atoms with Gasteiger partial charge in [-0.2, -0.15) is 0 Å². The number of aromatic nitrogens is 2. The monoisotopic (exact) mass is 424 g/mol. The summed E-state index contributed by atoms with van der Waals surface area (Å²) in [7, 11) is 1.73. The van der Waals surface area contributed by atoms with E-state index in [0.717, 1.165) is 70.6 Å². The molecule has 166 valence electrons. The van der Waals surface area contributed by atoms with Crippen LogP contribution in [0.15, 0.2) is 36.7 Å². The van der Waals surface area contributed by atoms with Gasteiger partial charge in [0.1, 0.15) is 5.75 Å². The first-order valence-corrected chi connectivity index (χ1v) is 11.0. The van der Waals surface area contributed by atoms with Crippen molar-refractivity contribution in [3.05, 3.63) is 47.8 Å². The predicted molar refractivity (Wildman–Crippen MR) is 120 cm³/mol. The number of piperazine rings is 2. The number of carbonyl (C=O) groups is 1. The summed E-state index contributed by atoms with van der Waals surface area (Å²) in [6.45, 7) is 10.3. The zero-order valence-corrected chi connectivity index (χ0v) is 18.5. The van der Waals surface area contributed by atoms with Crippen LogP contribution in [0.4, 0.5) is 5.95 Å². The van der Waals surface area contributed by atoms with Crippen LogP contribution in [-0.2, 0) is 11.3 Å². The molecule has 3 heterocycles. The smallest absolute Gasteiger partial charge is 0.236 e. The third kappa shape index (κ3) is 5.51.